The molecule has 10 unspecified atom stereocenters. The first-order chi connectivity index (χ1) is 18.9. The number of aliphatic hydroxyl groups is 2. The number of fused-ring (bicyclic) bond motifs is 3. The molecular weight excluding hydrogens is 506 g/mol. The van der Waals surface area contributed by atoms with Gasteiger partial charge in [-0.25, -0.2) is 9.59 Å². The average molecular weight is 552 g/mol. The van der Waals surface area contributed by atoms with Crippen molar-refractivity contribution < 1.29 is 29.3 Å². The highest BCUT2D eigenvalue weighted by Crippen LogP contribution is 2.63. The van der Waals surface area contributed by atoms with Crippen LogP contribution in [-0.2, 0) is 20.8 Å². The van der Waals surface area contributed by atoms with Gasteiger partial charge >= 0.3 is 12.1 Å². The SMILES string of the molecule is C=C1C2CC3C(C(C)C)C(OC(=O)NCc4ccccc4)CC3(C)CC2/C(C)=C\CC2C(C)OC(=O)C(O)C12O. The number of amides is 1. The zero-order chi connectivity index (χ0) is 29.0. The fourth-order valence-corrected chi connectivity index (χ4v) is 8.67. The molecule has 218 valence electrons. The minimum atomic E-state index is -1.75. The Morgan fingerprint density at radius 2 is 1.90 bits per heavy atom. The summed E-state index contributed by atoms with van der Waals surface area (Å²) in [5.74, 6) is -0.592. The number of ether oxygens (including phenoxy) is 2. The topological polar surface area (TPSA) is 105 Å². The van der Waals surface area contributed by atoms with Crippen molar-refractivity contribution in [3.8, 4) is 0 Å². The van der Waals surface area contributed by atoms with Crippen LogP contribution in [0, 0.1) is 40.9 Å². The predicted molar refractivity (Wildman–Crippen MR) is 152 cm³/mol. The quantitative estimate of drug-likeness (QED) is 0.353. The van der Waals surface area contributed by atoms with Crippen molar-refractivity contribution in [3.63, 3.8) is 0 Å². The summed E-state index contributed by atoms with van der Waals surface area (Å²) in [6.45, 7) is 15.4. The van der Waals surface area contributed by atoms with Crippen LogP contribution in [0.15, 0.2) is 54.1 Å². The second kappa shape index (κ2) is 10.6. The van der Waals surface area contributed by atoms with E-state index >= 15 is 0 Å². The summed E-state index contributed by atoms with van der Waals surface area (Å²) in [6, 6.07) is 9.79. The highest BCUT2D eigenvalue weighted by molar-refractivity contribution is 5.78. The van der Waals surface area contributed by atoms with Gasteiger partial charge in [-0.3, -0.25) is 0 Å². The minimum absolute atomic E-state index is 0.0610. The summed E-state index contributed by atoms with van der Waals surface area (Å²) < 4.78 is 11.5. The molecule has 40 heavy (non-hydrogen) atoms. The monoisotopic (exact) mass is 551 g/mol. The molecule has 0 bridgehead atoms. The van der Waals surface area contributed by atoms with E-state index in [0.29, 0.717) is 18.5 Å². The number of hydrogen-bond acceptors (Lipinski definition) is 6. The van der Waals surface area contributed by atoms with E-state index < -0.39 is 35.8 Å². The molecule has 10 atom stereocenters. The first kappa shape index (κ1) is 28.9. The Labute approximate surface area is 238 Å². The maximum Gasteiger partial charge on any atom is 0.407 e. The van der Waals surface area contributed by atoms with Gasteiger partial charge in [-0.05, 0) is 79.8 Å². The normalized spacial score (nSPS) is 42.4. The third-order valence-electron chi connectivity index (χ3n) is 10.8. The van der Waals surface area contributed by atoms with Crippen LogP contribution in [0.1, 0.15) is 65.9 Å². The molecule has 0 aromatic heterocycles. The Kier molecular flexibility index (Phi) is 7.68. The molecule has 0 radical (unpaired) electrons. The summed E-state index contributed by atoms with van der Waals surface area (Å²) in [5, 5.41) is 25.9. The number of nitrogens with one attached hydrogen (secondary N) is 1. The second-order valence-corrected chi connectivity index (χ2v) is 13.4. The molecule has 1 aromatic carbocycles. The lowest BCUT2D eigenvalue weighted by Crippen LogP contribution is -2.63. The van der Waals surface area contributed by atoms with E-state index in [0.717, 1.165) is 24.8 Å². The highest BCUT2D eigenvalue weighted by Gasteiger charge is 2.62. The van der Waals surface area contributed by atoms with Crippen LogP contribution in [-0.4, -0.2) is 46.2 Å². The van der Waals surface area contributed by atoms with Crippen molar-refractivity contribution in [2.45, 2.75) is 90.8 Å². The smallest absolute Gasteiger partial charge is 0.407 e. The first-order valence-corrected chi connectivity index (χ1v) is 14.8. The van der Waals surface area contributed by atoms with Crippen molar-refractivity contribution in [2.75, 3.05) is 0 Å². The van der Waals surface area contributed by atoms with E-state index in [9.17, 15) is 19.8 Å². The Morgan fingerprint density at radius 1 is 1.20 bits per heavy atom. The lowest BCUT2D eigenvalue weighted by Gasteiger charge is -2.54. The lowest BCUT2D eigenvalue weighted by molar-refractivity contribution is -0.209. The number of hydrogen-bond donors (Lipinski definition) is 3. The maximum atomic E-state index is 12.9. The molecule has 1 amide bonds. The highest BCUT2D eigenvalue weighted by atomic mass is 16.6. The molecule has 4 aliphatic rings. The molecule has 3 N–H and O–H groups in total. The standard InChI is InChI=1S/C33H45NO6/c1-18(2)28-26-14-23-20(4)33(38)25(21(5)39-30(36)29(33)35)13-12-19(3)24(23)15-32(26,6)16-27(28)40-31(37)34-17-22-10-8-7-9-11-22/h7-12,18,21,23-29,35,38H,4,13-17H2,1-3,5-6H3,(H,34,37)/b19-12-. The number of esters is 1. The van der Waals surface area contributed by atoms with Crippen LogP contribution in [0.4, 0.5) is 4.79 Å². The van der Waals surface area contributed by atoms with Crippen molar-refractivity contribution in [2.24, 2.45) is 40.9 Å². The van der Waals surface area contributed by atoms with Gasteiger partial charge in [0.15, 0.2) is 6.10 Å². The van der Waals surface area contributed by atoms with Gasteiger partial charge in [0.05, 0.1) is 0 Å². The van der Waals surface area contributed by atoms with Crippen molar-refractivity contribution in [1.82, 2.24) is 5.32 Å². The van der Waals surface area contributed by atoms with Gasteiger partial charge in [-0.2, -0.15) is 0 Å². The predicted octanol–water partition coefficient (Wildman–Crippen LogP) is 5.17. The molecular formula is C33H45NO6. The molecule has 1 aliphatic heterocycles. The Balaban J connectivity index is 1.41. The van der Waals surface area contributed by atoms with E-state index in [1.807, 2.05) is 30.3 Å². The molecule has 5 rings (SSSR count). The number of allylic oxidation sites excluding steroid dienone is 2. The summed E-state index contributed by atoms with van der Waals surface area (Å²) >= 11 is 0. The number of benzene rings is 1. The van der Waals surface area contributed by atoms with Crippen molar-refractivity contribution in [1.29, 1.82) is 0 Å². The number of rotatable bonds is 4. The van der Waals surface area contributed by atoms with Gasteiger partial charge in [0.25, 0.3) is 0 Å². The van der Waals surface area contributed by atoms with Gasteiger partial charge in [0.2, 0.25) is 0 Å². The fourth-order valence-electron chi connectivity index (χ4n) is 8.67. The van der Waals surface area contributed by atoms with E-state index in [1.54, 1.807) is 6.92 Å². The van der Waals surface area contributed by atoms with Crippen LogP contribution in [0.2, 0.25) is 0 Å². The van der Waals surface area contributed by atoms with E-state index in [1.165, 1.54) is 5.57 Å². The Hall–Kier alpha value is -2.64. The van der Waals surface area contributed by atoms with E-state index in [2.05, 4.69) is 45.7 Å². The molecule has 7 nitrogen and oxygen atoms in total. The molecule has 3 aliphatic carbocycles. The molecule has 7 heteroatoms. The van der Waals surface area contributed by atoms with E-state index in [4.69, 9.17) is 9.47 Å². The van der Waals surface area contributed by atoms with Crippen LogP contribution in [0.5, 0.6) is 0 Å². The van der Waals surface area contributed by atoms with Gasteiger partial charge in [-0.15, -0.1) is 0 Å². The number of aliphatic hydroxyl groups excluding tert-OH is 1. The molecule has 1 saturated heterocycles. The Bertz CT molecular complexity index is 1180. The van der Waals surface area contributed by atoms with Crippen LogP contribution < -0.4 is 5.32 Å². The third kappa shape index (κ3) is 4.79. The summed E-state index contributed by atoms with van der Waals surface area (Å²) in [6.07, 6.45) is 2.25. The molecule has 2 saturated carbocycles. The average Bonchev–Trinajstić information content (AvgIpc) is 3.20. The Morgan fingerprint density at radius 3 is 2.58 bits per heavy atom. The first-order valence-electron chi connectivity index (χ1n) is 14.8. The van der Waals surface area contributed by atoms with Crippen LogP contribution >= 0.6 is 0 Å². The largest absolute Gasteiger partial charge is 0.460 e. The van der Waals surface area contributed by atoms with Gasteiger partial charge in [0, 0.05) is 18.4 Å². The second-order valence-electron chi connectivity index (χ2n) is 13.4. The summed E-state index contributed by atoms with van der Waals surface area (Å²) in [7, 11) is 0. The zero-order valence-electron chi connectivity index (χ0n) is 24.4. The minimum Gasteiger partial charge on any atom is -0.460 e. The maximum absolute atomic E-state index is 12.9. The van der Waals surface area contributed by atoms with Crippen LogP contribution in [0.3, 0.4) is 0 Å². The fraction of sp³-hybridized carbons (Fsp3) is 0.636. The summed E-state index contributed by atoms with van der Waals surface area (Å²) in [5.41, 5.74) is 0.997. The van der Waals surface area contributed by atoms with Gasteiger partial charge in [0.1, 0.15) is 17.8 Å². The molecule has 1 heterocycles. The molecule has 1 aromatic rings. The van der Waals surface area contributed by atoms with Gasteiger partial charge in [-0.1, -0.05) is 69.3 Å². The number of carbonyl (C=O) groups is 2. The third-order valence-corrected chi connectivity index (χ3v) is 10.8. The zero-order valence-corrected chi connectivity index (χ0v) is 24.4. The number of cyclic esters (lactones) is 1. The number of alkyl carbamates (subject to hydrolysis) is 1. The summed E-state index contributed by atoms with van der Waals surface area (Å²) in [4.78, 5) is 25.5. The molecule has 3 fully saturated rings. The van der Waals surface area contributed by atoms with Crippen LogP contribution in [0.25, 0.3) is 0 Å². The van der Waals surface area contributed by atoms with Gasteiger partial charge < -0.3 is 25.0 Å². The van der Waals surface area contributed by atoms with E-state index in [-0.39, 0.29) is 41.1 Å². The van der Waals surface area contributed by atoms with Crippen molar-refractivity contribution in [3.05, 3.63) is 59.7 Å². The molecule has 0 spiro atoms. The van der Waals surface area contributed by atoms with Crippen molar-refractivity contribution >= 4 is 12.1 Å². The lowest BCUT2D eigenvalue weighted by atomic mass is 9.53. The number of carbonyl (C=O) groups excluding carboxylic acids is 2.